The highest BCUT2D eigenvalue weighted by Crippen LogP contribution is 2.09. The van der Waals surface area contributed by atoms with Gasteiger partial charge in [-0.1, -0.05) is 0 Å². The Morgan fingerprint density at radius 1 is 1.00 bits per heavy atom. The summed E-state index contributed by atoms with van der Waals surface area (Å²) < 4.78 is 0. The average molecular weight is 225 g/mol. The van der Waals surface area contributed by atoms with E-state index >= 15 is 0 Å². The van der Waals surface area contributed by atoms with Crippen LogP contribution in [0.3, 0.4) is 0 Å². The van der Waals surface area contributed by atoms with Crippen molar-refractivity contribution in [3.05, 3.63) is 0 Å². The molecular weight excluding hydrogens is 202 g/mol. The molecule has 0 bridgehead atoms. The van der Waals surface area contributed by atoms with Gasteiger partial charge in [-0.3, -0.25) is 4.79 Å². The van der Waals surface area contributed by atoms with Crippen molar-refractivity contribution < 1.29 is 4.79 Å². The van der Waals surface area contributed by atoms with Crippen LogP contribution >= 0.6 is 0 Å². The predicted octanol–water partition coefficient (Wildman–Crippen LogP) is 0.246. The van der Waals surface area contributed by atoms with Crippen LogP contribution in [0.15, 0.2) is 0 Å². The first-order chi connectivity index (χ1) is 7.75. The van der Waals surface area contributed by atoms with Gasteiger partial charge in [0.1, 0.15) is 0 Å². The molecule has 0 saturated carbocycles. The molecule has 4 heteroatoms. The Hall–Kier alpha value is -0.610. The Bertz CT molecular complexity index is 230. The number of piperazine rings is 1. The van der Waals surface area contributed by atoms with E-state index in [4.69, 9.17) is 0 Å². The molecule has 0 aromatic carbocycles. The normalized spacial score (nSPS) is 23.9. The first-order valence-electron chi connectivity index (χ1n) is 6.44. The first-order valence-corrected chi connectivity index (χ1v) is 6.44. The minimum atomic E-state index is 0.358. The van der Waals surface area contributed by atoms with Gasteiger partial charge in [-0.05, 0) is 19.9 Å². The maximum absolute atomic E-state index is 11.8. The molecule has 2 heterocycles. The van der Waals surface area contributed by atoms with Gasteiger partial charge < -0.3 is 14.7 Å². The minimum absolute atomic E-state index is 0.358. The fourth-order valence-electron chi connectivity index (χ4n) is 2.45. The van der Waals surface area contributed by atoms with Gasteiger partial charge in [0.25, 0.3) is 0 Å². The quantitative estimate of drug-likeness (QED) is 0.689. The summed E-state index contributed by atoms with van der Waals surface area (Å²) in [7, 11) is 2.16. The lowest BCUT2D eigenvalue weighted by molar-refractivity contribution is -0.130. The molecule has 2 fully saturated rings. The highest BCUT2D eigenvalue weighted by molar-refractivity contribution is 5.76. The fourth-order valence-corrected chi connectivity index (χ4v) is 2.45. The lowest BCUT2D eigenvalue weighted by atomic mass is 10.3. The molecule has 0 aromatic heterocycles. The van der Waals surface area contributed by atoms with Crippen LogP contribution in [0.1, 0.15) is 19.3 Å². The minimum Gasteiger partial charge on any atom is -0.343 e. The topological polar surface area (TPSA) is 26.8 Å². The molecule has 1 amide bonds. The van der Waals surface area contributed by atoms with Crippen molar-refractivity contribution in [1.82, 2.24) is 14.7 Å². The van der Waals surface area contributed by atoms with E-state index in [0.29, 0.717) is 12.3 Å². The summed E-state index contributed by atoms with van der Waals surface area (Å²) in [4.78, 5) is 18.6. The van der Waals surface area contributed by atoms with E-state index in [0.717, 1.165) is 45.8 Å². The molecule has 4 nitrogen and oxygen atoms in total. The third-order valence-electron chi connectivity index (χ3n) is 3.70. The van der Waals surface area contributed by atoms with Crippen molar-refractivity contribution in [2.24, 2.45) is 0 Å². The van der Waals surface area contributed by atoms with Crippen LogP contribution in [0.4, 0.5) is 0 Å². The van der Waals surface area contributed by atoms with E-state index in [1.807, 2.05) is 4.90 Å². The summed E-state index contributed by atoms with van der Waals surface area (Å²) >= 11 is 0. The largest absolute Gasteiger partial charge is 0.343 e. The van der Waals surface area contributed by atoms with Crippen molar-refractivity contribution in [3.63, 3.8) is 0 Å². The number of likely N-dealkylation sites (tertiary alicyclic amines) is 1. The standard InChI is InChI=1S/C12H23N3O/c1-13-8-10-14(11-9-13)7-4-12(16)15-5-2-3-6-15/h2-11H2,1H3. The van der Waals surface area contributed by atoms with Gasteiger partial charge in [-0.2, -0.15) is 0 Å². The van der Waals surface area contributed by atoms with E-state index in [1.165, 1.54) is 12.8 Å². The second-order valence-electron chi connectivity index (χ2n) is 4.98. The number of rotatable bonds is 3. The number of carbonyl (C=O) groups is 1. The second-order valence-corrected chi connectivity index (χ2v) is 4.98. The van der Waals surface area contributed by atoms with Crippen LogP contribution in [0, 0.1) is 0 Å². The number of carbonyl (C=O) groups excluding carboxylic acids is 1. The molecule has 0 unspecified atom stereocenters. The lowest BCUT2D eigenvalue weighted by Crippen LogP contribution is -2.45. The van der Waals surface area contributed by atoms with E-state index in [-0.39, 0.29) is 0 Å². The maximum atomic E-state index is 11.8. The van der Waals surface area contributed by atoms with Gasteiger partial charge in [0.2, 0.25) is 5.91 Å². The SMILES string of the molecule is CN1CCN(CCC(=O)N2CCCC2)CC1. The highest BCUT2D eigenvalue weighted by Gasteiger charge is 2.19. The fraction of sp³-hybridized carbons (Fsp3) is 0.917. The van der Waals surface area contributed by atoms with E-state index in [9.17, 15) is 4.79 Å². The van der Waals surface area contributed by atoms with Gasteiger partial charge in [0, 0.05) is 52.2 Å². The molecule has 16 heavy (non-hydrogen) atoms. The van der Waals surface area contributed by atoms with E-state index in [2.05, 4.69) is 16.8 Å². The zero-order valence-corrected chi connectivity index (χ0v) is 10.3. The zero-order valence-electron chi connectivity index (χ0n) is 10.3. The third kappa shape index (κ3) is 3.19. The number of hydrogen-bond acceptors (Lipinski definition) is 3. The molecule has 0 aliphatic carbocycles. The zero-order chi connectivity index (χ0) is 11.4. The number of likely N-dealkylation sites (N-methyl/N-ethyl adjacent to an activating group) is 1. The van der Waals surface area contributed by atoms with Crippen molar-refractivity contribution in [2.45, 2.75) is 19.3 Å². The Labute approximate surface area is 98.2 Å². The summed E-state index contributed by atoms with van der Waals surface area (Å²) in [5.41, 5.74) is 0. The molecule has 0 atom stereocenters. The van der Waals surface area contributed by atoms with Gasteiger partial charge >= 0.3 is 0 Å². The van der Waals surface area contributed by atoms with E-state index < -0.39 is 0 Å². The lowest BCUT2D eigenvalue weighted by Gasteiger charge is -2.32. The van der Waals surface area contributed by atoms with Crippen LogP contribution in [-0.2, 0) is 4.79 Å². The molecule has 92 valence electrons. The maximum Gasteiger partial charge on any atom is 0.223 e. The molecular formula is C12H23N3O. The Kier molecular flexibility index (Phi) is 4.18. The summed E-state index contributed by atoms with van der Waals surface area (Å²) in [5, 5.41) is 0. The molecule has 0 radical (unpaired) electrons. The monoisotopic (exact) mass is 225 g/mol. The second kappa shape index (κ2) is 5.64. The average Bonchev–Trinajstić information content (AvgIpc) is 2.81. The summed E-state index contributed by atoms with van der Waals surface area (Å²) in [6.07, 6.45) is 3.10. The summed E-state index contributed by atoms with van der Waals surface area (Å²) in [6, 6.07) is 0. The van der Waals surface area contributed by atoms with Crippen LogP contribution in [-0.4, -0.2) is 73.5 Å². The number of nitrogens with zero attached hydrogens (tertiary/aromatic N) is 3. The summed E-state index contributed by atoms with van der Waals surface area (Å²) in [6.45, 7) is 7.43. The molecule has 2 aliphatic heterocycles. The van der Waals surface area contributed by atoms with Gasteiger partial charge in [0.15, 0.2) is 0 Å². The van der Waals surface area contributed by atoms with E-state index in [1.54, 1.807) is 0 Å². The number of amides is 1. The van der Waals surface area contributed by atoms with Gasteiger partial charge in [-0.25, -0.2) is 0 Å². The van der Waals surface area contributed by atoms with Crippen LogP contribution in [0.5, 0.6) is 0 Å². The summed E-state index contributed by atoms with van der Waals surface area (Å²) in [5.74, 6) is 0.358. The van der Waals surface area contributed by atoms with Gasteiger partial charge in [0.05, 0.1) is 0 Å². The van der Waals surface area contributed by atoms with Crippen molar-refractivity contribution >= 4 is 5.91 Å². The molecule has 2 aliphatic rings. The van der Waals surface area contributed by atoms with Crippen molar-refractivity contribution in [2.75, 3.05) is 52.9 Å². The van der Waals surface area contributed by atoms with Crippen LogP contribution in [0.2, 0.25) is 0 Å². The molecule has 0 aromatic rings. The molecule has 0 spiro atoms. The first kappa shape index (κ1) is 11.9. The Morgan fingerprint density at radius 2 is 1.62 bits per heavy atom. The predicted molar refractivity (Wildman–Crippen MR) is 64.4 cm³/mol. The molecule has 2 rings (SSSR count). The van der Waals surface area contributed by atoms with Crippen LogP contribution < -0.4 is 0 Å². The van der Waals surface area contributed by atoms with Crippen molar-refractivity contribution in [1.29, 1.82) is 0 Å². The number of hydrogen-bond donors (Lipinski definition) is 0. The van der Waals surface area contributed by atoms with Crippen LogP contribution in [0.25, 0.3) is 0 Å². The molecule has 0 N–H and O–H groups in total. The smallest absolute Gasteiger partial charge is 0.223 e. The van der Waals surface area contributed by atoms with Crippen molar-refractivity contribution in [3.8, 4) is 0 Å². The highest BCUT2D eigenvalue weighted by atomic mass is 16.2. The Morgan fingerprint density at radius 3 is 2.25 bits per heavy atom. The molecule has 2 saturated heterocycles. The van der Waals surface area contributed by atoms with Gasteiger partial charge in [-0.15, -0.1) is 0 Å². The Balaban J connectivity index is 1.65. The third-order valence-corrected chi connectivity index (χ3v) is 3.70.